The van der Waals surface area contributed by atoms with Gasteiger partial charge in [0.15, 0.2) is 0 Å². The number of carbonyl (C=O) groups is 2. The van der Waals surface area contributed by atoms with Gasteiger partial charge in [-0.05, 0) is 83.1 Å². The van der Waals surface area contributed by atoms with Crippen molar-refractivity contribution in [3.63, 3.8) is 0 Å². The van der Waals surface area contributed by atoms with E-state index in [0.29, 0.717) is 17.4 Å². The van der Waals surface area contributed by atoms with Crippen LogP contribution in [-0.2, 0) is 27.9 Å². The number of rotatable bonds is 60. The number of phosphoric acid groups is 1. The highest BCUT2D eigenvalue weighted by Gasteiger charge is 2.30. The lowest BCUT2D eigenvalue weighted by atomic mass is 10.0. The Bertz CT molecular complexity index is 1520. The van der Waals surface area contributed by atoms with Crippen molar-refractivity contribution in [2.45, 2.75) is 322 Å². The fourth-order valence-electron chi connectivity index (χ4n) is 9.55. The molecule has 2 N–H and O–H groups in total. The van der Waals surface area contributed by atoms with Crippen LogP contribution in [0.5, 0.6) is 0 Å². The SMILES string of the molecule is CCCCC/C=C\C/C=C\CCCCCCCCCCCCCCCCCCCC(=O)OC(/C=C\CCCCCCCCCCCC)C(COP(=O)(O)OCC[N+](C)(C)C)NC(=O)CC/C=C/C/C=C\CCCCCCCC. The van der Waals surface area contributed by atoms with Crippen LogP contribution in [0.25, 0.3) is 0 Å². The molecule has 3 atom stereocenters. The van der Waals surface area contributed by atoms with Gasteiger partial charge in [0.1, 0.15) is 19.3 Å². The van der Waals surface area contributed by atoms with E-state index < -0.39 is 20.0 Å². The Morgan fingerprint density at radius 1 is 0.449 bits per heavy atom. The number of ether oxygens (including phenoxy) is 1. The second kappa shape index (κ2) is 57.9. The molecule has 456 valence electrons. The van der Waals surface area contributed by atoms with Gasteiger partial charge in [0.2, 0.25) is 5.91 Å². The maximum atomic E-state index is 13.5. The first kappa shape index (κ1) is 75.7. The van der Waals surface area contributed by atoms with E-state index >= 15 is 0 Å². The number of nitrogens with one attached hydrogen (secondary N) is 1. The smallest absolute Gasteiger partial charge is 0.456 e. The third-order valence-corrected chi connectivity index (χ3v) is 15.7. The topological polar surface area (TPSA) is 111 Å². The van der Waals surface area contributed by atoms with Crippen LogP contribution < -0.4 is 5.32 Å². The molecule has 78 heavy (non-hydrogen) atoms. The third-order valence-electron chi connectivity index (χ3n) is 14.7. The van der Waals surface area contributed by atoms with E-state index in [9.17, 15) is 19.0 Å². The molecule has 0 aromatic carbocycles. The molecule has 0 radical (unpaired) electrons. The highest BCUT2D eigenvalue weighted by atomic mass is 31.2. The molecule has 0 aliphatic carbocycles. The average Bonchev–Trinajstić information content (AvgIpc) is 3.40. The van der Waals surface area contributed by atoms with Gasteiger partial charge >= 0.3 is 13.8 Å². The van der Waals surface area contributed by atoms with Crippen molar-refractivity contribution in [1.29, 1.82) is 0 Å². The van der Waals surface area contributed by atoms with Crippen LogP contribution in [0, 0.1) is 0 Å². The van der Waals surface area contributed by atoms with Gasteiger partial charge in [-0.25, -0.2) is 4.57 Å². The van der Waals surface area contributed by atoms with Gasteiger partial charge in [-0.15, -0.1) is 0 Å². The maximum Gasteiger partial charge on any atom is 0.472 e. The molecule has 9 nitrogen and oxygen atoms in total. The minimum Gasteiger partial charge on any atom is -0.456 e. The fraction of sp³-hybridized carbons (Fsp3) is 0.824. The van der Waals surface area contributed by atoms with E-state index in [-0.39, 0.29) is 37.9 Å². The van der Waals surface area contributed by atoms with Crippen LogP contribution in [-0.4, -0.2) is 74.3 Å². The molecule has 0 aliphatic rings. The maximum absolute atomic E-state index is 13.5. The second-order valence-corrected chi connectivity index (χ2v) is 25.1. The predicted molar refractivity (Wildman–Crippen MR) is 337 cm³/mol. The Balaban J connectivity index is 5.03. The Morgan fingerprint density at radius 3 is 1.21 bits per heavy atom. The molecule has 0 aromatic heterocycles. The van der Waals surface area contributed by atoms with Crippen molar-refractivity contribution < 1.29 is 37.3 Å². The van der Waals surface area contributed by atoms with Gasteiger partial charge in [0, 0.05) is 12.8 Å². The van der Waals surface area contributed by atoms with E-state index in [0.717, 1.165) is 57.8 Å². The lowest BCUT2D eigenvalue weighted by Crippen LogP contribution is -2.47. The lowest BCUT2D eigenvalue weighted by Gasteiger charge is -2.27. The summed E-state index contributed by atoms with van der Waals surface area (Å²) in [5.41, 5.74) is 0. The number of quaternary nitrogens is 1. The molecule has 1 amide bonds. The van der Waals surface area contributed by atoms with E-state index in [1.807, 2.05) is 39.4 Å². The van der Waals surface area contributed by atoms with Crippen LogP contribution in [0.15, 0.2) is 60.8 Å². The van der Waals surface area contributed by atoms with E-state index in [4.69, 9.17) is 13.8 Å². The van der Waals surface area contributed by atoms with Crippen LogP contribution in [0.2, 0.25) is 0 Å². The lowest BCUT2D eigenvalue weighted by molar-refractivity contribution is -0.870. The molecule has 0 heterocycles. The summed E-state index contributed by atoms with van der Waals surface area (Å²) in [5, 5.41) is 3.02. The molecule has 0 aromatic rings. The van der Waals surface area contributed by atoms with Crippen molar-refractivity contribution in [2.75, 3.05) is 40.9 Å². The predicted octanol–water partition coefficient (Wildman–Crippen LogP) is 20.6. The summed E-state index contributed by atoms with van der Waals surface area (Å²) in [6.07, 6.45) is 74.0. The summed E-state index contributed by atoms with van der Waals surface area (Å²) in [7, 11) is 1.47. The number of hydrogen-bond acceptors (Lipinski definition) is 6. The Morgan fingerprint density at radius 2 is 0.795 bits per heavy atom. The number of carbonyl (C=O) groups excluding carboxylic acids is 2. The summed E-state index contributed by atoms with van der Waals surface area (Å²) in [4.78, 5) is 37.7. The zero-order valence-electron chi connectivity index (χ0n) is 52.2. The largest absolute Gasteiger partial charge is 0.472 e. The molecule has 0 spiro atoms. The zero-order valence-corrected chi connectivity index (χ0v) is 53.1. The first-order chi connectivity index (χ1) is 37.9. The molecule has 0 fully saturated rings. The van der Waals surface area contributed by atoms with Crippen molar-refractivity contribution in [2.24, 2.45) is 0 Å². The monoisotopic (exact) mass is 1120 g/mol. The van der Waals surface area contributed by atoms with Crippen molar-refractivity contribution in [3.05, 3.63) is 60.8 Å². The molecule has 3 unspecified atom stereocenters. The van der Waals surface area contributed by atoms with Crippen LogP contribution in [0.1, 0.15) is 310 Å². The summed E-state index contributed by atoms with van der Waals surface area (Å²) in [6, 6.07) is -0.877. The molecular formula is C68H128N2O7P+. The number of nitrogens with zero attached hydrogens (tertiary/aromatic N) is 1. The molecule has 0 rings (SSSR count). The molecular weight excluding hydrogens is 988 g/mol. The molecule has 0 aliphatic heterocycles. The first-order valence-corrected chi connectivity index (χ1v) is 34.6. The number of allylic oxidation sites excluding steroid dienone is 9. The number of phosphoric ester groups is 1. The number of amides is 1. The summed E-state index contributed by atoms with van der Waals surface area (Å²) < 4.78 is 30.7. The van der Waals surface area contributed by atoms with Crippen molar-refractivity contribution in [1.82, 2.24) is 5.32 Å². The summed E-state index contributed by atoms with van der Waals surface area (Å²) >= 11 is 0. The number of unbranched alkanes of at least 4 members (excludes halogenated alkanes) is 36. The van der Waals surface area contributed by atoms with E-state index in [1.54, 1.807) is 0 Å². The van der Waals surface area contributed by atoms with Crippen LogP contribution in [0.3, 0.4) is 0 Å². The summed E-state index contributed by atoms with van der Waals surface area (Å²) in [6.45, 7) is 6.96. The van der Waals surface area contributed by atoms with E-state index in [1.165, 1.54) is 212 Å². The van der Waals surface area contributed by atoms with E-state index in [2.05, 4.69) is 68.6 Å². The molecule has 0 saturated carbocycles. The van der Waals surface area contributed by atoms with Gasteiger partial charge in [-0.2, -0.15) is 0 Å². The summed E-state index contributed by atoms with van der Waals surface area (Å²) in [5.74, 6) is -0.574. The Labute approximate surface area is 483 Å². The first-order valence-electron chi connectivity index (χ1n) is 33.1. The van der Waals surface area contributed by atoms with Crippen LogP contribution in [0.4, 0.5) is 0 Å². The quantitative estimate of drug-likeness (QED) is 0.0205. The van der Waals surface area contributed by atoms with Gasteiger partial charge in [-0.3, -0.25) is 18.6 Å². The number of likely N-dealkylation sites (N-methyl/N-ethyl adjacent to an activating group) is 1. The fourth-order valence-corrected chi connectivity index (χ4v) is 10.3. The number of esters is 1. The van der Waals surface area contributed by atoms with Gasteiger partial charge in [0.05, 0.1) is 33.8 Å². The Kier molecular flexibility index (Phi) is 56.2. The highest BCUT2D eigenvalue weighted by Crippen LogP contribution is 2.43. The third kappa shape index (κ3) is 58.4. The van der Waals surface area contributed by atoms with Crippen molar-refractivity contribution in [3.8, 4) is 0 Å². The minimum absolute atomic E-state index is 0.0313. The number of hydrogen-bond donors (Lipinski definition) is 2. The second-order valence-electron chi connectivity index (χ2n) is 23.6. The molecule has 0 saturated heterocycles. The molecule has 10 heteroatoms. The van der Waals surface area contributed by atoms with Gasteiger partial charge in [0.25, 0.3) is 0 Å². The normalized spacial score (nSPS) is 14.0. The zero-order chi connectivity index (χ0) is 57.2. The minimum atomic E-state index is -4.46. The van der Waals surface area contributed by atoms with Crippen molar-refractivity contribution >= 4 is 19.7 Å². The highest BCUT2D eigenvalue weighted by molar-refractivity contribution is 7.47. The van der Waals surface area contributed by atoms with Gasteiger partial charge < -0.3 is 19.4 Å². The Hall–Kier alpha value is -2.29. The van der Waals surface area contributed by atoms with Gasteiger partial charge in [-0.1, -0.05) is 275 Å². The molecule has 0 bridgehead atoms. The standard InChI is InChI=1S/C68H127N2O7P/c1-7-10-13-16-19-22-25-28-29-30-31-32-33-34-35-36-37-38-39-40-41-43-46-49-52-55-58-61-68(72)77-66(59-56-53-50-47-44-27-24-21-18-15-12-9-3)65(64-76-78(73,74)75-63-62-70(4,5)6)69-67(71)60-57-54-51-48-45-42-26-23-20-17-14-11-8-2/h19,22,28-29,42,45,51,54,56,59,65-66H,7-18,20-21,23-27,30-41,43-44,46-50,52-53,55,57-58,60-64H2,1-6H3,(H-,69,71,73,74)/p+1/b22-19-,29-28-,45-42-,54-51+,59-56-. The average molecular weight is 1120 g/mol. The van der Waals surface area contributed by atoms with Crippen LogP contribution >= 0.6 is 7.82 Å².